The molecule has 2 aromatic rings. The maximum absolute atomic E-state index is 12.8. The van der Waals surface area contributed by atoms with Crippen molar-refractivity contribution in [1.29, 1.82) is 0 Å². The number of hydrogen-bond acceptors (Lipinski definition) is 4. The average Bonchev–Trinajstić information content (AvgIpc) is 2.71. The Morgan fingerprint density at radius 2 is 1.70 bits per heavy atom. The summed E-state index contributed by atoms with van der Waals surface area (Å²) < 4.78 is 5.69. The number of carboxylic acid groups (broad SMARTS) is 1. The second-order valence-corrected chi connectivity index (χ2v) is 7.65. The van der Waals surface area contributed by atoms with Gasteiger partial charge in [0.1, 0.15) is 17.5 Å². The Morgan fingerprint density at radius 3 is 2.23 bits per heavy atom. The Balaban J connectivity index is 2.37. The summed E-state index contributed by atoms with van der Waals surface area (Å²) in [6.07, 6.45) is 1.47. The molecule has 2 amide bonds. The summed E-state index contributed by atoms with van der Waals surface area (Å²) in [6.45, 7) is 3.37. The molecule has 1 atom stereocenters. The Hall–Kier alpha value is -3.13. The van der Waals surface area contributed by atoms with E-state index in [-0.39, 0.29) is 11.6 Å². The first-order valence-electron chi connectivity index (χ1n) is 9.18. The van der Waals surface area contributed by atoms with Crippen LogP contribution in [0.3, 0.4) is 0 Å². The molecule has 0 fully saturated rings. The van der Waals surface area contributed by atoms with Crippen molar-refractivity contribution in [2.24, 2.45) is 5.92 Å². The highest BCUT2D eigenvalue weighted by Crippen LogP contribution is 2.17. The molecule has 2 rings (SSSR count). The molecule has 2 aromatic carbocycles. The minimum Gasteiger partial charge on any atom is -0.497 e. The van der Waals surface area contributed by atoms with Crippen molar-refractivity contribution in [2.45, 2.75) is 19.9 Å². The normalized spacial score (nSPS) is 12.2. The van der Waals surface area contributed by atoms with Crippen molar-refractivity contribution in [3.8, 4) is 5.75 Å². The summed E-state index contributed by atoms with van der Waals surface area (Å²) >= 11 is 3.31. The first-order valence-corrected chi connectivity index (χ1v) is 9.97. The Bertz CT molecular complexity index is 954. The highest BCUT2D eigenvalue weighted by molar-refractivity contribution is 9.10. The molecule has 0 aliphatic heterocycles. The molecule has 1 unspecified atom stereocenters. The van der Waals surface area contributed by atoms with Crippen LogP contribution in [0.5, 0.6) is 5.75 Å². The van der Waals surface area contributed by atoms with E-state index < -0.39 is 23.8 Å². The molecule has 30 heavy (non-hydrogen) atoms. The standard InChI is InChI=1S/C22H23BrN2O5/c1-13(2)19(22(28)29)25-21(27)18(12-14-8-10-15(30-3)11-9-14)24-20(26)16-6-4-5-7-17(16)23/h4-13,19H,1-3H3,(H,24,26)(H,25,27)(H,28,29). The zero-order chi connectivity index (χ0) is 22.3. The zero-order valence-electron chi connectivity index (χ0n) is 16.8. The third-order valence-electron chi connectivity index (χ3n) is 4.26. The largest absolute Gasteiger partial charge is 0.497 e. The zero-order valence-corrected chi connectivity index (χ0v) is 18.4. The third-order valence-corrected chi connectivity index (χ3v) is 4.95. The lowest BCUT2D eigenvalue weighted by Crippen LogP contribution is -2.47. The van der Waals surface area contributed by atoms with Gasteiger partial charge in [0.15, 0.2) is 0 Å². The van der Waals surface area contributed by atoms with E-state index in [1.807, 2.05) is 0 Å². The summed E-state index contributed by atoms with van der Waals surface area (Å²) in [5, 5.41) is 14.4. The fourth-order valence-corrected chi connectivity index (χ4v) is 3.06. The van der Waals surface area contributed by atoms with Crippen molar-refractivity contribution < 1.29 is 24.2 Å². The van der Waals surface area contributed by atoms with Crippen molar-refractivity contribution in [1.82, 2.24) is 10.6 Å². The number of ether oxygens (including phenoxy) is 1. The topological polar surface area (TPSA) is 105 Å². The molecule has 0 saturated heterocycles. The second-order valence-electron chi connectivity index (χ2n) is 6.80. The average molecular weight is 475 g/mol. The van der Waals surface area contributed by atoms with Crippen molar-refractivity contribution in [3.05, 3.63) is 69.8 Å². The van der Waals surface area contributed by atoms with Gasteiger partial charge < -0.3 is 20.5 Å². The summed E-state index contributed by atoms with van der Waals surface area (Å²) in [6, 6.07) is 12.5. The molecule has 8 heteroatoms. The van der Waals surface area contributed by atoms with E-state index in [0.717, 1.165) is 0 Å². The number of carbonyl (C=O) groups is 3. The quantitative estimate of drug-likeness (QED) is 0.508. The fourth-order valence-electron chi connectivity index (χ4n) is 2.59. The van der Waals surface area contributed by atoms with Crippen LogP contribution in [0, 0.1) is 5.92 Å². The van der Waals surface area contributed by atoms with Gasteiger partial charge >= 0.3 is 5.97 Å². The number of rotatable bonds is 8. The fraction of sp³-hybridized carbons (Fsp3) is 0.227. The van der Waals surface area contributed by atoms with E-state index in [9.17, 15) is 19.5 Å². The number of carboxylic acids is 1. The van der Waals surface area contributed by atoms with E-state index in [0.29, 0.717) is 21.3 Å². The molecule has 3 N–H and O–H groups in total. The van der Waals surface area contributed by atoms with E-state index in [1.165, 1.54) is 6.08 Å². The van der Waals surface area contributed by atoms with Gasteiger partial charge in [-0.25, -0.2) is 4.79 Å². The molecule has 0 aromatic heterocycles. The van der Waals surface area contributed by atoms with Crippen LogP contribution in [0.1, 0.15) is 29.8 Å². The molecule has 0 aliphatic carbocycles. The van der Waals surface area contributed by atoms with Crippen molar-refractivity contribution >= 4 is 39.8 Å². The third kappa shape index (κ3) is 6.18. The van der Waals surface area contributed by atoms with Crippen LogP contribution in [0.2, 0.25) is 0 Å². The highest BCUT2D eigenvalue weighted by Gasteiger charge is 2.26. The minimum absolute atomic E-state index is 0.0761. The van der Waals surface area contributed by atoms with Crippen LogP contribution in [-0.2, 0) is 9.59 Å². The van der Waals surface area contributed by atoms with E-state index in [2.05, 4.69) is 26.6 Å². The van der Waals surface area contributed by atoms with Gasteiger partial charge in [-0.3, -0.25) is 9.59 Å². The predicted molar refractivity (Wildman–Crippen MR) is 117 cm³/mol. The monoisotopic (exact) mass is 474 g/mol. The van der Waals surface area contributed by atoms with Gasteiger partial charge in [-0.2, -0.15) is 0 Å². The van der Waals surface area contributed by atoms with Crippen molar-refractivity contribution in [2.75, 3.05) is 7.11 Å². The van der Waals surface area contributed by atoms with Gasteiger partial charge in [-0.1, -0.05) is 38.1 Å². The highest BCUT2D eigenvalue weighted by atomic mass is 79.9. The van der Waals surface area contributed by atoms with Crippen molar-refractivity contribution in [3.63, 3.8) is 0 Å². The van der Waals surface area contributed by atoms with Gasteiger partial charge in [0.05, 0.1) is 12.7 Å². The number of hydrogen-bond donors (Lipinski definition) is 3. The maximum Gasteiger partial charge on any atom is 0.326 e. The lowest BCUT2D eigenvalue weighted by Gasteiger charge is -2.19. The minimum atomic E-state index is -1.15. The molecular weight excluding hydrogens is 452 g/mol. The Kier molecular flexibility index (Phi) is 8.17. The first-order chi connectivity index (χ1) is 14.2. The Labute approximate surface area is 183 Å². The number of methoxy groups -OCH3 is 1. The number of benzene rings is 2. The van der Waals surface area contributed by atoms with Crippen LogP contribution >= 0.6 is 15.9 Å². The molecule has 158 valence electrons. The molecule has 7 nitrogen and oxygen atoms in total. The van der Waals surface area contributed by atoms with E-state index in [4.69, 9.17) is 4.74 Å². The SMILES string of the molecule is COc1ccc(C=C(NC(=O)c2ccccc2Br)C(=O)NC(C(=O)O)C(C)C)cc1. The lowest BCUT2D eigenvalue weighted by molar-refractivity contribution is -0.142. The number of aliphatic carboxylic acids is 1. The lowest BCUT2D eigenvalue weighted by atomic mass is 10.0. The summed E-state index contributed by atoms with van der Waals surface area (Å²) in [5.41, 5.74) is 0.891. The maximum atomic E-state index is 12.8. The van der Waals surface area contributed by atoms with Crippen LogP contribution in [-0.4, -0.2) is 36.0 Å². The van der Waals surface area contributed by atoms with Gasteiger partial charge in [-0.15, -0.1) is 0 Å². The van der Waals surface area contributed by atoms with E-state index >= 15 is 0 Å². The molecule has 0 radical (unpaired) electrons. The smallest absolute Gasteiger partial charge is 0.326 e. The number of amides is 2. The van der Waals surface area contributed by atoms with Crippen LogP contribution in [0.15, 0.2) is 58.7 Å². The van der Waals surface area contributed by atoms with Crippen LogP contribution in [0.4, 0.5) is 0 Å². The number of carbonyl (C=O) groups excluding carboxylic acids is 2. The molecular formula is C22H23BrN2O5. The first kappa shape index (κ1) is 23.2. The van der Waals surface area contributed by atoms with Crippen LogP contribution in [0.25, 0.3) is 6.08 Å². The van der Waals surface area contributed by atoms with Gasteiger partial charge in [-0.05, 0) is 57.8 Å². The van der Waals surface area contributed by atoms with Gasteiger partial charge in [0.25, 0.3) is 11.8 Å². The molecule has 0 saturated carbocycles. The summed E-state index contributed by atoms with van der Waals surface area (Å²) in [5.74, 6) is -2.06. The van der Waals surface area contributed by atoms with Gasteiger partial charge in [0, 0.05) is 4.47 Å². The molecule has 0 spiro atoms. The molecule has 0 bridgehead atoms. The summed E-state index contributed by atoms with van der Waals surface area (Å²) in [7, 11) is 1.54. The van der Waals surface area contributed by atoms with Crippen LogP contribution < -0.4 is 15.4 Å². The number of halogens is 1. The second kappa shape index (κ2) is 10.6. The Morgan fingerprint density at radius 1 is 1.07 bits per heavy atom. The van der Waals surface area contributed by atoms with E-state index in [1.54, 1.807) is 69.5 Å². The van der Waals surface area contributed by atoms with Gasteiger partial charge in [0.2, 0.25) is 0 Å². The molecule has 0 aliphatic rings. The molecule has 0 heterocycles. The number of nitrogens with one attached hydrogen (secondary N) is 2. The summed E-state index contributed by atoms with van der Waals surface area (Å²) in [4.78, 5) is 37.0. The predicted octanol–water partition coefficient (Wildman–Crippen LogP) is 3.45.